The molecule has 0 aliphatic carbocycles. The average molecular weight is 598 g/mol. The number of carbonyl (C=O) groups is 2. The summed E-state index contributed by atoms with van der Waals surface area (Å²) in [5, 5.41) is 2.35. The van der Waals surface area contributed by atoms with Gasteiger partial charge in [0.1, 0.15) is 23.3 Å². The SMILES string of the molecule is CC(C)(C)NC(=O)CC(c1cccc(F)c1)c1cccc(F)c1.O=C(Cl)CC(c1cccc(F)c1)c1cccc(F)c1. The van der Waals surface area contributed by atoms with Crippen LogP contribution in [0.1, 0.15) is 67.7 Å². The van der Waals surface area contributed by atoms with Gasteiger partial charge in [0.15, 0.2) is 0 Å². The van der Waals surface area contributed by atoms with Crippen LogP contribution in [0.5, 0.6) is 0 Å². The molecular weight excluding hydrogens is 566 g/mol. The van der Waals surface area contributed by atoms with Crippen molar-refractivity contribution in [3.8, 4) is 0 Å². The normalized spacial score (nSPS) is 11.2. The van der Waals surface area contributed by atoms with E-state index in [1.807, 2.05) is 20.8 Å². The highest BCUT2D eigenvalue weighted by molar-refractivity contribution is 6.63. The maximum Gasteiger partial charge on any atom is 0.222 e. The summed E-state index contributed by atoms with van der Waals surface area (Å²) in [5.74, 6) is -2.56. The van der Waals surface area contributed by atoms with Gasteiger partial charge in [0.2, 0.25) is 11.1 Å². The fourth-order valence-electron chi connectivity index (χ4n) is 4.56. The smallest absolute Gasteiger partial charge is 0.222 e. The van der Waals surface area contributed by atoms with Gasteiger partial charge in [0.05, 0.1) is 0 Å². The summed E-state index contributed by atoms with van der Waals surface area (Å²) >= 11 is 5.43. The number of amides is 1. The number of hydrogen-bond donors (Lipinski definition) is 1. The first-order valence-corrected chi connectivity index (χ1v) is 13.7. The predicted octanol–water partition coefficient (Wildman–Crippen LogP) is 8.65. The third kappa shape index (κ3) is 10.5. The molecule has 4 aromatic carbocycles. The third-order valence-corrected chi connectivity index (χ3v) is 6.43. The largest absolute Gasteiger partial charge is 0.351 e. The summed E-state index contributed by atoms with van der Waals surface area (Å²) in [5.41, 5.74) is 2.14. The van der Waals surface area contributed by atoms with Crippen molar-refractivity contribution in [3.05, 3.63) is 143 Å². The van der Waals surface area contributed by atoms with E-state index in [0.29, 0.717) is 22.3 Å². The van der Waals surface area contributed by atoms with Crippen molar-refractivity contribution < 1.29 is 27.2 Å². The topological polar surface area (TPSA) is 46.2 Å². The van der Waals surface area contributed by atoms with Crippen molar-refractivity contribution in [2.24, 2.45) is 0 Å². The molecule has 0 bridgehead atoms. The van der Waals surface area contributed by atoms with Gasteiger partial charge in [-0.05, 0) is 103 Å². The Hall–Kier alpha value is -3.97. The van der Waals surface area contributed by atoms with Gasteiger partial charge in [0.25, 0.3) is 0 Å². The summed E-state index contributed by atoms with van der Waals surface area (Å²) in [4.78, 5) is 23.4. The van der Waals surface area contributed by atoms with Gasteiger partial charge in [-0.25, -0.2) is 17.6 Å². The Morgan fingerprint density at radius 1 is 0.619 bits per heavy atom. The Labute approximate surface area is 248 Å². The Morgan fingerprint density at radius 3 is 1.19 bits per heavy atom. The molecule has 0 atom stereocenters. The molecule has 1 amide bonds. The lowest BCUT2D eigenvalue weighted by atomic mass is 9.88. The molecule has 42 heavy (non-hydrogen) atoms. The molecule has 3 nitrogen and oxygen atoms in total. The third-order valence-electron chi connectivity index (χ3n) is 6.27. The fourth-order valence-corrected chi connectivity index (χ4v) is 4.72. The quantitative estimate of drug-likeness (QED) is 0.163. The van der Waals surface area contributed by atoms with Crippen LogP contribution >= 0.6 is 11.6 Å². The highest BCUT2D eigenvalue weighted by atomic mass is 35.5. The van der Waals surface area contributed by atoms with E-state index in [1.165, 1.54) is 48.5 Å². The summed E-state index contributed by atoms with van der Waals surface area (Å²) in [6.07, 6.45) is 0.124. The summed E-state index contributed by atoms with van der Waals surface area (Å²) in [6, 6.07) is 23.9. The maximum atomic E-state index is 13.6. The van der Waals surface area contributed by atoms with Gasteiger partial charge in [0, 0.05) is 30.2 Å². The number of rotatable bonds is 8. The lowest BCUT2D eigenvalue weighted by Gasteiger charge is -2.23. The molecule has 0 unspecified atom stereocenters. The molecule has 1 N–H and O–H groups in total. The van der Waals surface area contributed by atoms with Crippen LogP contribution in [-0.4, -0.2) is 16.7 Å². The van der Waals surface area contributed by atoms with Crippen LogP contribution in [-0.2, 0) is 9.59 Å². The molecule has 0 saturated heterocycles. The second-order valence-corrected chi connectivity index (χ2v) is 11.3. The fraction of sp³-hybridized carbons (Fsp3) is 0.235. The summed E-state index contributed by atoms with van der Waals surface area (Å²) in [6.45, 7) is 5.68. The molecule has 0 aromatic heterocycles. The van der Waals surface area contributed by atoms with E-state index in [-0.39, 0.29) is 35.9 Å². The zero-order valence-corrected chi connectivity index (χ0v) is 24.3. The number of halogens is 5. The zero-order chi connectivity index (χ0) is 30.9. The standard InChI is InChI=1S/C19H21F2NO.C15H11ClF2O/c1-19(2,3)22-18(23)12-17(13-6-4-8-15(20)10-13)14-7-5-9-16(21)11-14;16-15(19)9-14(10-3-1-5-12(17)7-10)11-4-2-6-13(18)8-11/h4-11,17H,12H2,1-3H3,(H,22,23);1-8,14H,9H2. The molecule has 0 saturated carbocycles. The van der Waals surface area contributed by atoms with Crippen molar-refractivity contribution >= 4 is 22.8 Å². The molecule has 0 aliphatic rings. The molecule has 8 heteroatoms. The summed E-state index contributed by atoms with van der Waals surface area (Å²) < 4.78 is 53.6. The van der Waals surface area contributed by atoms with Gasteiger partial charge in [-0.15, -0.1) is 0 Å². The number of carbonyl (C=O) groups excluding carboxylic acids is 2. The second kappa shape index (κ2) is 14.8. The molecule has 4 aromatic rings. The van der Waals surface area contributed by atoms with Gasteiger partial charge in [-0.2, -0.15) is 0 Å². The Kier molecular flexibility index (Phi) is 11.5. The molecule has 0 heterocycles. The number of nitrogens with one attached hydrogen (secondary N) is 1. The number of hydrogen-bond acceptors (Lipinski definition) is 2. The molecular formula is C34H32ClF4NO2. The average Bonchev–Trinajstić information content (AvgIpc) is 2.90. The maximum absolute atomic E-state index is 13.6. The first-order valence-electron chi connectivity index (χ1n) is 13.3. The Balaban J connectivity index is 0.000000235. The van der Waals surface area contributed by atoms with Crippen LogP contribution in [0.3, 0.4) is 0 Å². The zero-order valence-electron chi connectivity index (χ0n) is 23.5. The monoisotopic (exact) mass is 597 g/mol. The van der Waals surface area contributed by atoms with Crippen molar-refractivity contribution in [2.45, 2.75) is 51.0 Å². The highest BCUT2D eigenvalue weighted by Crippen LogP contribution is 2.30. The van der Waals surface area contributed by atoms with E-state index in [1.54, 1.807) is 48.5 Å². The van der Waals surface area contributed by atoms with E-state index < -0.39 is 28.7 Å². The van der Waals surface area contributed by atoms with Crippen LogP contribution in [0.25, 0.3) is 0 Å². The minimum atomic E-state index is -0.543. The molecule has 0 fully saturated rings. The van der Waals surface area contributed by atoms with Crippen LogP contribution in [0.4, 0.5) is 17.6 Å². The van der Waals surface area contributed by atoms with E-state index in [2.05, 4.69) is 5.32 Å². The van der Waals surface area contributed by atoms with E-state index in [0.717, 1.165) is 0 Å². The minimum absolute atomic E-state index is 0.00549. The van der Waals surface area contributed by atoms with Crippen LogP contribution in [0.2, 0.25) is 0 Å². The van der Waals surface area contributed by atoms with E-state index >= 15 is 0 Å². The van der Waals surface area contributed by atoms with Gasteiger partial charge in [-0.1, -0.05) is 48.5 Å². The minimum Gasteiger partial charge on any atom is -0.351 e. The first-order chi connectivity index (χ1) is 19.8. The van der Waals surface area contributed by atoms with Crippen molar-refractivity contribution in [1.29, 1.82) is 0 Å². The van der Waals surface area contributed by atoms with E-state index in [4.69, 9.17) is 11.6 Å². The number of benzene rings is 4. The van der Waals surface area contributed by atoms with Gasteiger partial charge in [-0.3, -0.25) is 9.59 Å². The Morgan fingerprint density at radius 2 is 0.929 bits per heavy atom. The lowest BCUT2D eigenvalue weighted by Crippen LogP contribution is -2.41. The summed E-state index contributed by atoms with van der Waals surface area (Å²) in [7, 11) is 0. The Bertz CT molecular complexity index is 1430. The van der Waals surface area contributed by atoms with Crippen molar-refractivity contribution in [1.82, 2.24) is 5.32 Å². The molecule has 220 valence electrons. The predicted molar refractivity (Wildman–Crippen MR) is 157 cm³/mol. The molecule has 4 rings (SSSR count). The van der Waals surface area contributed by atoms with Crippen LogP contribution < -0.4 is 5.32 Å². The molecule has 0 aliphatic heterocycles. The van der Waals surface area contributed by atoms with Gasteiger partial charge >= 0.3 is 0 Å². The lowest BCUT2D eigenvalue weighted by molar-refractivity contribution is -0.122. The van der Waals surface area contributed by atoms with Crippen molar-refractivity contribution in [2.75, 3.05) is 0 Å². The van der Waals surface area contributed by atoms with Crippen LogP contribution in [0.15, 0.2) is 97.1 Å². The second-order valence-electron chi connectivity index (χ2n) is 10.9. The first kappa shape index (κ1) is 32.5. The van der Waals surface area contributed by atoms with Gasteiger partial charge < -0.3 is 5.32 Å². The van der Waals surface area contributed by atoms with Crippen molar-refractivity contribution in [3.63, 3.8) is 0 Å². The highest BCUT2D eigenvalue weighted by Gasteiger charge is 2.22. The molecule has 0 radical (unpaired) electrons. The van der Waals surface area contributed by atoms with E-state index in [9.17, 15) is 27.2 Å². The molecule has 0 spiro atoms. The van der Waals surface area contributed by atoms with Crippen LogP contribution in [0, 0.1) is 23.3 Å².